The van der Waals surface area contributed by atoms with E-state index < -0.39 is 17.4 Å². The van der Waals surface area contributed by atoms with Crippen LogP contribution in [0, 0.1) is 11.3 Å². The number of amides is 1. The van der Waals surface area contributed by atoms with Crippen LogP contribution in [0.25, 0.3) is 0 Å². The molecule has 0 radical (unpaired) electrons. The molecule has 100 valence electrons. The first-order valence-corrected chi connectivity index (χ1v) is 7.51. The van der Waals surface area contributed by atoms with Crippen LogP contribution in [0.2, 0.25) is 0 Å². The van der Waals surface area contributed by atoms with E-state index >= 15 is 0 Å². The summed E-state index contributed by atoms with van der Waals surface area (Å²) in [5.74, 6) is 0.117. The van der Waals surface area contributed by atoms with Crippen LogP contribution in [0.5, 0.6) is 0 Å². The van der Waals surface area contributed by atoms with Crippen molar-refractivity contribution in [3.05, 3.63) is 0 Å². The first kappa shape index (κ1) is 12.3. The Hall–Kier alpha value is -0.750. The standard InChI is InChI=1S/C12H18N2O3S/c13-6-12(3-4-12)11(17)14-8(10(15)16)5-18-9(14)7-1-2-7/h7-9H,1-6,13H2,(H,15,16). The SMILES string of the molecule is NCC1(C(=O)N2C(C(=O)O)CSC2C2CC2)CC1. The second-order valence-corrected chi connectivity index (χ2v) is 6.76. The van der Waals surface area contributed by atoms with Crippen LogP contribution in [0.4, 0.5) is 0 Å². The van der Waals surface area contributed by atoms with Crippen LogP contribution in [0.15, 0.2) is 0 Å². The molecule has 6 heteroatoms. The van der Waals surface area contributed by atoms with Crippen molar-refractivity contribution in [2.24, 2.45) is 17.1 Å². The highest BCUT2D eigenvalue weighted by Crippen LogP contribution is 2.51. The molecule has 2 saturated carbocycles. The molecule has 1 heterocycles. The molecule has 3 N–H and O–H groups in total. The Morgan fingerprint density at radius 1 is 1.39 bits per heavy atom. The lowest BCUT2D eigenvalue weighted by molar-refractivity contribution is -0.151. The zero-order chi connectivity index (χ0) is 12.9. The van der Waals surface area contributed by atoms with Gasteiger partial charge in [0.2, 0.25) is 5.91 Å². The van der Waals surface area contributed by atoms with E-state index in [2.05, 4.69) is 0 Å². The van der Waals surface area contributed by atoms with Crippen molar-refractivity contribution in [1.29, 1.82) is 0 Å². The van der Waals surface area contributed by atoms with Crippen molar-refractivity contribution >= 4 is 23.6 Å². The summed E-state index contributed by atoms with van der Waals surface area (Å²) < 4.78 is 0. The molecule has 5 nitrogen and oxygen atoms in total. The van der Waals surface area contributed by atoms with E-state index in [1.807, 2.05) is 0 Å². The van der Waals surface area contributed by atoms with Gasteiger partial charge in [0.05, 0.1) is 10.8 Å². The number of thioether (sulfide) groups is 1. The number of carbonyl (C=O) groups excluding carboxylic acids is 1. The van der Waals surface area contributed by atoms with Crippen molar-refractivity contribution < 1.29 is 14.7 Å². The Kier molecular flexibility index (Phi) is 2.82. The number of carboxylic acids is 1. The van der Waals surface area contributed by atoms with Gasteiger partial charge in [-0.3, -0.25) is 4.79 Å². The quantitative estimate of drug-likeness (QED) is 0.776. The van der Waals surface area contributed by atoms with E-state index in [-0.39, 0.29) is 11.3 Å². The molecule has 2 unspecified atom stereocenters. The number of aliphatic carboxylic acids is 1. The molecule has 0 aromatic rings. The van der Waals surface area contributed by atoms with Gasteiger partial charge in [-0.2, -0.15) is 0 Å². The fraction of sp³-hybridized carbons (Fsp3) is 0.833. The topological polar surface area (TPSA) is 83.6 Å². The minimum absolute atomic E-state index is 0.0145. The molecule has 2 aliphatic carbocycles. The lowest BCUT2D eigenvalue weighted by atomic mass is 10.0. The maximum Gasteiger partial charge on any atom is 0.327 e. The van der Waals surface area contributed by atoms with Crippen molar-refractivity contribution in [2.75, 3.05) is 12.3 Å². The molecule has 3 fully saturated rings. The summed E-state index contributed by atoms with van der Waals surface area (Å²) in [5.41, 5.74) is 5.26. The third-order valence-corrected chi connectivity index (χ3v) is 5.74. The van der Waals surface area contributed by atoms with E-state index in [0.29, 0.717) is 18.2 Å². The van der Waals surface area contributed by atoms with E-state index in [0.717, 1.165) is 25.7 Å². The molecule has 0 aromatic carbocycles. The molecule has 0 aromatic heterocycles. The molecule has 18 heavy (non-hydrogen) atoms. The van der Waals surface area contributed by atoms with Crippen molar-refractivity contribution in [1.82, 2.24) is 4.90 Å². The largest absolute Gasteiger partial charge is 0.480 e. The summed E-state index contributed by atoms with van der Waals surface area (Å²) in [4.78, 5) is 25.5. The minimum Gasteiger partial charge on any atom is -0.480 e. The highest BCUT2D eigenvalue weighted by Gasteiger charge is 2.57. The van der Waals surface area contributed by atoms with Gasteiger partial charge in [0.15, 0.2) is 0 Å². The summed E-state index contributed by atoms with van der Waals surface area (Å²) in [6, 6.07) is -0.655. The van der Waals surface area contributed by atoms with Crippen LogP contribution in [-0.4, -0.2) is 45.6 Å². The third-order valence-electron chi connectivity index (χ3n) is 4.28. The van der Waals surface area contributed by atoms with Crippen LogP contribution < -0.4 is 5.73 Å². The number of carbonyl (C=O) groups is 2. The molecule has 3 rings (SSSR count). The monoisotopic (exact) mass is 270 g/mol. The fourth-order valence-corrected chi connectivity index (χ4v) is 4.28. The molecule has 2 atom stereocenters. The van der Waals surface area contributed by atoms with Gasteiger partial charge in [-0.05, 0) is 31.6 Å². The lowest BCUT2D eigenvalue weighted by Crippen LogP contribution is -2.50. The van der Waals surface area contributed by atoms with Gasteiger partial charge < -0.3 is 15.7 Å². The Bertz CT molecular complexity index is 393. The van der Waals surface area contributed by atoms with Crippen LogP contribution in [0.3, 0.4) is 0 Å². The number of nitrogens with two attached hydrogens (primary N) is 1. The average molecular weight is 270 g/mol. The summed E-state index contributed by atoms with van der Waals surface area (Å²) in [7, 11) is 0. The van der Waals surface area contributed by atoms with Gasteiger partial charge in [0, 0.05) is 12.3 Å². The molecule has 1 saturated heterocycles. The first-order valence-electron chi connectivity index (χ1n) is 6.46. The Morgan fingerprint density at radius 2 is 2.06 bits per heavy atom. The van der Waals surface area contributed by atoms with Gasteiger partial charge in [0.1, 0.15) is 6.04 Å². The normalized spacial score (nSPS) is 33.5. The maximum absolute atomic E-state index is 12.6. The highest BCUT2D eigenvalue weighted by molar-refractivity contribution is 8.00. The van der Waals surface area contributed by atoms with Crippen molar-refractivity contribution in [3.63, 3.8) is 0 Å². The lowest BCUT2D eigenvalue weighted by Gasteiger charge is -2.30. The van der Waals surface area contributed by atoms with Gasteiger partial charge in [-0.25, -0.2) is 4.79 Å². The second-order valence-electron chi connectivity index (χ2n) is 5.61. The van der Waals surface area contributed by atoms with E-state index in [4.69, 9.17) is 5.73 Å². The summed E-state index contributed by atoms with van der Waals surface area (Å²) in [6.07, 6.45) is 3.85. The van der Waals surface area contributed by atoms with Crippen LogP contribution >= 0.6 is 11.8 Å². The number of carboxylic acid groups (broad SMARTS) is 1. The van der Waals surface area contributed by atoms with Crippen molar-refractivity contribution in [2.45, 2.75) is 37.1 Å². The average Bonchev–Trinajstić information content (AvgIpc) is 3.25. The number of hydrogen-bond acceptors (Lipinski definition) is 4. The zero-order valence-corrected chi connectivity index (χ0v) is 11.0. The van der Waals surface area contributed by atoms with E-state index in [1.54, 1.807) is 16.7 Å². The molecular weight excluding hydrogens is 252 g/mol. The highest BCUT2D eigenvalue weighted by atomic mass is 32.2. The molecule has 3 aliphatic rings. The van der Waals surface area contributed by atoms with E-state index in [1.165, 1.54) is 0 Å². The Labute approximate surface area is 110 Å². The van der Waals surface area contributed by atoms with Crippen LogP contribution in [-0.2, 0) is 9.59 Å². The molecule has 0 bridgehead atoms. The van der Waals surface area contributed by atoms with Crippen LogP contribution in [0.1, 0.15) is 25.7 Å². The summed E-state index contributed by atoms with van der Waals surface area (Å²) in [5, 5.41) is 9.34. The number of hydrogen-bond donors (Lipinski definition) is 2. The number of rotatable bonds is 4. The Balaban J connectivity index is 1.83. The van der Waals surface area contributed by atoms with Crippen molar-refractivity contribution in [3.8, 4) is 0 Å². The summed E-state index contributed by atoms with van der Waals surface area (Å²) in [6.45, 7) is 0.344. The fourth-order valence-electron chi connectivity index (χ4n) is 2.65. The maximum atomic E-state index is 12.6. The third kappa shape index (κ3) is 1.82. The molecular formula is C12H18N2O3S. The van der Waals surface area contributed by atoms with Gasteiger partial charge in [-0.1, -0.05) is 0 Å². The second kappa shape index (κ2) is 4.13. The molecule has 1 aliphatic heterocycles. The number of nitrogens with zero attached hydrogens (tertiary/aromatic N) is 1. The molecule has 0 spiro atoms. The van der Waals surface area contributed by atoms with Gasteiger partial charge in [-0.15, -0.1) is 11.8 Å². The van der Waals surface area contributed by atoms with Gasteiger partial charge in [0.25, 0.3) is 0 Å². The smallest absolute Gasteiger partial charge is 0.327 e. The summed E-state index contributed by atoms with van der Waals surface area (Å²) >= 11 is 1.62. The Morgan fingerprint density at radius 3 is 2.50 bits per heavy atom. The minimum atomic E-state index is -0.883. The first-order chi connectivity index (χ1) is 8.59. The predicted octanol–water partition coefficient (Wildman–Crippen LogP) is 0.490. The van der Waals surface area contributed by atoms with Gasteiger partial charge >= 0.3 is 5.97 Å². The zero-order valence-electron chi connectivity index (χ0n) is 10.2. The molecule has 1 amide bonds. The predicted molar refractivity (Wildman–Crippen MR) is 68.0 cm³/mol. The van der Waals surface area contributed by atoms with E-state index in [9.17, 15) is 14.7 Å².